The standard InChI is InChI=1S/C19H12N4O6S2.2C19H11N3O4S.3C2H6.O3S/c20-31(27,28)12-4-9-3-10(23-30(25)26)5-13-17(9)14(7-12)19-18(13)22-16-6-11(29-8-24)1-2-15(16)21-19;2*20-27(24,25)12-6-10-2-1-3-13-17(10)14(8-12)19-18(13)22-16-7-11(26-9-23)4-5-15(16)21-19;3*1-2;1-4(2)3/h1-8,23H,(H,25,26)(H2,20,27,28);2*1-9H,(H2,20,24,25);3*1-2H3;/p-1. The summed E-state index contributed by atoms with van der Waals surface area (Å²) >= 11 is -2.59. The number of carbonyl (C=O) groups excluding carboxylic acids is 3. The Morgan fingerprint density at radius 1 is 0.379 bits per heavy atom. The molecule has 0 bridgehead atoms. The van der Waals surface area contributed by atoms with Gasteiger partial charge >= 0.3 is 10.6 Å². The summed E-state index contributed by atoms with van der Waals surface area (Å²) < 4.78 is 136. The molecule has 95 heavy (non-hydrogen) atoms. The molecule has 27 nitrogen and oxygen atoms in total. The van der Waals surface area contributed by atoms with Crippen LogP contribution >= 0.6 is 0 Å². The van der Waals surface area contributed by atoms with Gasteiger partial charge in [0.05, 0.1) is 82.0 Å². The molecule has 12 aromatic rings. The molecular weight excluding hydrogens is 1330 g/mol. The Balaban J connectivity index is 0.000000157. The third-order valence-electron chi connectivity index (χ3n) is 14.1. The molecule has 7 N–H and O–H groups in total. The van der Waals surface area contributed by atoms with Gasteiger partial charge in [-0.05, 0) is 101 Å². The summed E-state index contributed by atoms with van der Waals surface area (Å²) in [5.41, 5.74) is 11.1. The molecule has 1 unspecified atom stereocenters. The number of nitrogens with one attached hydrogen (secondary N) is 1. The predicted octanol–water partition coefficient (Wildman–Crippen LogP) is 9.12. The molecule has 3 aromatic heterocycles. The van der Waals surface area contributed by atoms with Crippen molar-refractivity contribution >= 4 is 142 Å². The largest absolute Gasteiger partial charge is 0.755 e. The van der Waals surface area contributed by atoms with Gasteiger partial charge in [0.15, 0.2) is 0 Å². The molecular formula is C63H51N10O17S5-. The number of nitrogens with two attached hydrogens (primary N) is 3. The smallest absolute Gasteiger partial charge is 0.425 e. The van der Waals surface area contributed by atoms with E-state index in [1.807, 2.05) is 77.9 Å². The van der Waals surface area contributed by atoms with Crippen molar-refractivity contribution in [3.63, 3.8) is 0 Å². The van der Waals surface area contributed by atoms with Crippen molar-refractivity contribution in [1.29, 1.82) is 0 Å². The highest BCUT2D eigenvalue weighted by Gasteiger charge is 2.31. The highest BCUT2D eigenvalue weighted by atomic mass is 32.2. The van der Waals surface area contributed by atoms with Gasteiger partial charge in [-0.1, -0.05) is 77.9 Å². The number of carbonyl (C=O) groups is 3. The van der Waals surface area contributed by atoms with Crippen molar-refractivity contribution in [3.8, 4) is 84.8 Å². The van der Waals surface area contributed by atoms with E-state index in [9.17, 15) is 48.4 Å². The molecule has 0 radical (unpaired) electrons. The second-order valence-corrected chi connectivity index (χ2v) is 25.1. The first-order valence-corrected chi connectivity index (χ1v) is 34.9. The first-order chi connectivity index (χ1) is 45.4. The minimum atomic E-state index is -4.04. The van der Waals surface area contributed by atoms with Crippen molar-refractivity contribution < 1.29 is 75.2 Å². The maximum absolute atomic E-state index is 12.0. The number of hydrogen-bond acceptors (Lipinski definition) is 23. The molecule has 3 heterocycles. The highest BCUT2D eigenvalue weighted by Crippen LogP contribution is 2.50. The topological polar surface area (TPSA) is 440 Å². The van der Waals surface area contributed by atoms with E-state index in [1.54, 1.807) is 72.8 Å². The van der Waals surface area contributed by atoms with Crippen molar-refractivity contribution in [3.05, 3.63) is 140 Å². The van der Waals surface area contributed by atoms with Crippen LogP contribution in [0, 0.1) is 0 Å². The van der Waals surface area contributed by atoms with Gasteiger partial charge in [0.2, 0.25) is 30.1 Å². The number of ether oxygens (including phenoxy) is 3. The molecule has 32 heteroatoms. The molecule has 3 aliphatic carbocycles. The van der Waals surface area contributed by atoms with E-state index in [-0.39, 0.29) is 26.1 Å². The lowest BCUT2D eigenvalue weighted by molar-refractivity contribution is -0.121. The number of primary sulfonamides is 3. The Hall–Kier alpha value is -10.6. The van der Waals surface area contributed by atoms with E-state index in [2.05, 4.69) is 24.7 Å². The van der Waals surface area contributed by atoms with Gasteiger partial charge in [-0.15, -0.1) is 12.6 Å². The third kappa shape index (κ3) is 13.9. The van der Waals surface area contributed by atoms with Gasteiger partial charge in [-0.3, -0.25) is 18.6 Å². The first kappa shape index (κ1) is 68.8. The molecule has 486 valence electrons. The lowest BCUT2D eigenvalue weighted by Gasteiger charge is -2.12. The normalized spacial score (nSPS) is 11.8. The first-order valence-electron chi connectivity index (χ1n) is 28.1. The van der Waals surface area contributed by atoms with Crippen LogP contribution in [0.5, 0.6) is 17.2 Å². The van der Waals surface area contributed by atoms with Crippen LogP contribution in [0.1, 0.15) is 41.5 Å². The fraction of sp³-hybridized carbons (Fsp3) is 0.0952. The van der Waals surface area contributed by atoms with Crippen molar-refractivity contribution in [2.75, 3.05) is 4.72 Å². The fourth-order valence-corrected chi connectivity index (χ4v) is 12.7. The minimum absolute atomic E-state index is 0.0339. The summed E-state index contributed by atoms with van der Waals surface area (Å²) in [5.74, 6) is 1.03. The summed E-state index contributed by atoms with van der Waals surface area (Å²) in [6.45, 7) is 13.0. The molecule has 3 aliphatic rings. The number of fused-ring (bicyclic) bond motifs is 12. The number of hydrogen-bond donors (Lipinski definition) is 4. The van der Waals surface area contributed by atoms with Crippen LogP contribution in [-0.4, -0.2) is 96.0 Å². The molecule has 0 aliphatic heterocycles. The number of aromatic nitrogens is 6. The molecule has 0 amide bonds. The second kappa shape index (κ2) is 28.0. The lowest BCUT2D eigenvalue weighted by atomic mass is 10.0. The van der Waals surface area contributed by atoms with Crippen LogP contribution in [-0.2, 0) is 66.3 Å². The van der Waals surface area contributed by atoms with Crippen LogP contribution in [0.25, 0.3) is 133 Å². The van der Waals surface area contributed by atoms with Gasteiger partial charge < -0.3 is 23.5 Å². The molecule has 0 fully saturated rings. The van der Waals surface area contributed by atoms with Gasteiger partial charge in [0, 0.05) is 84.7 Å². The van der Waals surface area contributed by atoms with Gasteiger partial charge in [0.25, 0.3) is 19.4 Å². The summed E-state index contributed by atoms with van der Waals surface area (Å²) in [6, 6.07) is 37.9. The van der Waals surface area contributed by atoms with Crippen LogP contribution in [0.3, 0.4) is 0 Å². The third-order valence-corrected chi connectivity index (χ3v) is 17.2. The maximum Gasteiger partial charge on any atom is 0.425 e. The van der Waals surface area contributed by atoms with Crippen LogP contribution in [0.2, 0.25) is 0 Å². The number of sulfonamides is 3. The number of rotatable bonds is 11. The minimum Gasteiger partial charge on any atom is -0.755 e. The number of benzene rings is 9. The van der Waals surface area contributed by atoms with E-state index in [0.29, 0.717) is 131 Å². The van der Waals surface area contributed by atoms with Crippen molar-refractivity contribution in [1.82, 2.24) is 29.9 Å². The van der Waals surface area contributed by atoms with Gasteiger partial charge in [0.1, 0.15) is 17.2 Å². The van der Waals surface area contributed by atoms with Crippen molar-refractivity contribution in [2.24, 2.45) is 15.4 Å². The zero-order valence-electron chi connectivity index (χ0n) is 50.4. The fourth-order valence-electron chi connectivity index (χ4n) is 10.7. The average Bonchev–Trinajstić information content (AvgIpc) is 1.59. The quantitative estimate of drug-likeness (QED) is 0.0692. The van der Waals surface area contributed by atoms with E-state index < -0.39 is 51.9 Å². The van der Waals surface area contributed by atoms with E-state index in [4.69, 9.17) is 52.2 Å². The van der Waals surface area contributed by atoms with E-state index in [1.165, 1.54) is 30.3 Å². The SMILES string of the molecule is CC.CC.CC.NS(=O)(=O)c1cc2c3c(cc(NS(=O)[O-])cc3c1)-c1nc3cc(OC=O)ccc3nc1-2.NS(=O)(=O)c1cc2c3c(cccc3c1)-c1nc3cc(OC=O)ccc3nc1-2.NS(=O)(=O)c1cc2c3c(cccc3c1)-c1nc3cc(OC=O)ccc3nc1-2.O=S(=O)=O. The Kier molecular flexibility index (Phi) is 20.2. The summed E-state index contributed by atoms with van der Waals surface area (Å²) in [4.78, 5) is 59.7. The number of nitrogens with zero attached hydrogens (tertiary/aromatic N) is 6. The monoisotopic (exact) mass is 1380 g/mol. The zero-order valence-corrected chi connectivity index (χ0v) is 54.5. The van der Waals surface area contributed by atoms with Gasteiger partial charge in [-0.2, -0.15) is 0 Å². The Labute approximate surface area is 545 Å². The van der Waals surface area contributed by atoms with Crippen LogP contribution < -0.4 is 34.3 Å². The summed E-state index contributed by atoms with van der Waals surface area (Å²) in [6.07, 6.45) is 0. The Bertz CT molecular complexity index is 5470. The molecule has 9 aromatic carbocycles. The predicted molar refractivity (Wildman–Crippen MR) is 355 cm³/mol. The molecule has 0 spiro atoms. The summed E-state index contributed by atoms with van der Waals surface area (Å²) in [7, 11) is -14.9. The van der Waals surface area contributed by atoms with Crippen LogP contribution in [0.15, 0.2) is 154 Å². The Morgan fingerprint density at radius 2 is 0.663 bits per heavy atom. The zero-order chi connectivity index (χ0) is 69.0. The van der Waals surface area contributed by atoms with Gasteiger partial charge in [-0.25, -0.2) is 70.6 Å². The van der Waals surface area contributed by atoms with E-state index in [0.717, 1.165) is 32.7 Å². The maximum atomic E-state index is 12.0. The molecule has 0 saturated heterocycles. The second-order valence-electron chi connectivity index (χ2n) is 19.4. The van der Waals surface area contributed by atoms with E-state index >= 15 is 0 Å². The summed E-state index contributed by atoms with van der Waals surface area (Å²) in [5, 5.41) is 20.4. The lowest BCUT2D eigenvalue weighted by Crippen LogP contribution is -2.12. The molecule has 0 saturated carbocycles. The average molecular weight is 1380 g/mol. The van der Waals surface area contributed by atoms with Crippen LogP contribution in [0.4, 0.5) is 5.69 Å². The Morgan fingerprint density at radius 3 is 0.968 bits per heavy atom. The molecule has 1 atom stereocenters. The van der Waals surface area contributed by atoms with Crippen molar-refractivity contribution in [2.45, 2.75) is 56.2 Å². The molecule has 15 rings (SSSR count). The highest BCUT2D eigenvalue weighted by molar-refractivity contribution is 7.89. The number of anilines is 1.